The lowest BCUT2D eigenvalue weighted by atomic mass is 10.1. The summed E-state index contributed by atoms with van der Waals surface area (Å²) in [6.07, 6.45) is 0. The monoisotopic (exact) mass is 199 g/mol. The summed E-state index contributed by atoms with van der Waals surface area (Å²) >= 11 is 0. The first-order chi connectivity index (χ1) is 6.24. The van der Waals surface area contributed by atoms with Gasteiger partial charge in [-0.2, -0.15) is 0 Å². The fourth-order valence-corrected chi connectivity index (χ4v) is 1.70. The van der Waals surface area contributed by atoms with Crippen molar-refractivity contribution in [3.63, 3.8) is 0 Å². The molecule has 0 saturated heterocycles. The summed E-state index contributed by atoms with van der Waals surface area (Å²) in [5.74, 6) is 0. The van der Waals surface area contributed by atoms with Crippen LogP contribution in [0.2, 0.25) is 0 Å². The molecule has 0 aliphatic rings. The van der Waals surface area contributed by atoms with E-state index in [4.69, 9.17) is 0 Å². The Bertz CT molecular complexity index is 276. The Morgan fingerprint density at radius 2 is 2.00 bits per heavy atom. The van der Waals surface area contributed by atoms with Gasteiger partial charge in [-0.3, -0.25) is 4.57 Å². The molecule has 1 aromatic carbocycles. The summed E-state index contributed by atoms with van der Waals surface area (Å²) in [4.78, 5) is 0. The summed E-state index contributed by atoms with van der Waals surface area (Å²) < 4.78 is 15.7. The molecule has 0 saturated carbocycles. The molecule has 0 aromatic heterocycles. The first-order valence-electron chi connectivity index (χ1n) is 4.13. The van der Waals surface area contributed by atoms with Crippen molar-refractivity contribution in [1.29, 1.82) is 0 Å². The highest BCUT2D eigenvalue weighted by Crippen LogP contribution is 2.22. The minimum absolute atomic E-state index is 0.0625. The topological polar surface area (TPSA) is 38.3 Å². The van der Waals surface area contributed by atoms with Crippen LogP contribution in [0.15, 0.2) is 30.3 Å². The Hall–Kier alpha value is -0.630. The number of hydrogen-bond donors (Lipinski definition) is 1. The van der Waals surface area contributed by atoms with E-state index in [1.54, 1.807) is 0 Å². The molecule has 0 spiro atoms. The van der Waals surface area contributed by atoms with Crippen LogP contribution in [0.1, 0.15) is 18.5 Å². The molecule has 0 radical (unpaired) electrons. The molecular weight excluding hydrogens is 185 g/mol. The van der Waals surface area contributed by atoms with E-state index in [2.05, 4.69) is 9.61 Å². The van der Waals surface area contributed by atoms with Gasteiger partial charge in [0.15, 0.2) is 0 Å². The quantitative estimate of drug-likeness (QED) is 0.756. The van der Waals surface area contributed by atoms with Gasteiger partial charge in [0.1, 0.15) is 0 Å². The SMILES string of the molecule is CO[PH](=O)NC(C)c1ccccc1. The average molecular weight is 199 g/mol. The maximum Gasteiger partial charge on any atom is 0.258 e. The fraction of sp³-hybridized carbons (Fsp3) is 0.333. The first kappa shape index (κ1) is 10.5. The van der Waals surface area contributed by atoms with E-state index < -0.39 is 8.18 Å². The largest absolute Gasteiger partial charge is 0.323 e. The van der Waals surface area contributed by atoms with E-state index in [-0.39, 0.29) is 6.04 Å². The molecule has 1 aromatic rings. The van der Waals surface area contributed by atoms with Crippen LogP contribution in [0.5, 0.6) is 0 Å². The fourth-order valence-electron chi connectivity index (χ4n) is 1.06. The van der Waals surface area contributed by atoms with E-state index in [1.165, 1.54) is 7.11 Å². The number of rotatable bonds is 4. The first-order valence-corrected chi connectivity index (χ1v) is 5.45. The second-order valence-electron chi connectivity index (χ2n) is 2.77. The minimum atomic E-state index is -2.08. The van der Waals surface area contributed by atoms with Crippen LogP contribution < -0.4 is 5.09 Å². The highest BCUT2D eigenvalue weighted by molar-refractivity contribution is 7.36. The van der Waals surface area contributed by atoms with E-state index in [0.717, 1.165) is 5.56 Å². The third-order valence-corrected chi connectivity index (χ3v) is 2.86. The van der Waals surface area contributed by atoms with Crippen LogP contribution in [-0.4, -0.2) is 7.11 Å². The van der Waals surface area contributed by atoms with Crippen LogP contribution in [0.25, 0.3) is 0 Å². The Morgan fingerprint density at radius 1 is 1.38 bits per heavy atom. The molecule has 72 valence electrons. The molecule has 1 rings (SSSR count). The molecule has 0 bridgehead atoms. The van der Waals surface area contributed by atoms with Crippen molar-refractivity contribution in [2.45, 2.75) is 13.0 Å². The van der Waals surface area contributed by atoms with Gasteiger partial charge in [-0.1, -0.05) is 30.3 Å². The molecule has 0 aliphatic heterocycles. The third-order valence-electron chi connectivity index (χ3n) is 1.82. The normalized spacial score (nSPS) is 15.2. The zero-order valence-electron chi connectivity index (χ0n) is 7.78. The molecule has 2 unspecified atom stereocenters. The average Bonchev–Trinajstić information content (AvgIpc) is 2.19. The van der Waals surface area contributed by atoms with Gasteiger partial charge in [0.25, 0.3) is 8.18 Å². The molecule has 0 fully saturated rings. The Kier molecular flexibility index (Phi) is 4.16. The molecule has 13 heavy (non-hydrogen) atoms. The zero-order valence-corrected chi connectivity index (χ0v) is 8.78. The zero-order chi connectivity index (χ0) is 9.68. The molecule has 0 aliphatic carbocycles. The van der Waals surface area contributed by atoms with Crippen molar-refractivity contribution < 1.29 is 9.09 Å². The second-order valence-corrected chi connectivity index (χ2v) is 4.04. The molecule has 3 nitrogen and oxygen atoms in total. The second kappa shape index (κ2) is 5.18. The van der Waals surface area contributed by atoms with Crippen molar-refractivity contribution in [3.05, 3.63) is 35.9 Å². The van der Waals surface area contributed by atoms with Gasteiger partial charge in [-0.15, -0.1) is 0 Å². The van der Waals surface area contributed by atoms with Crippen LogP contribution >= 0.6 is 8.18 Å². The van der Waals surface area contributed by atoms with Crippen molar-refractivity contribution in [3.8, 4) is 0 Å². The highest BCUT2D eigenvalue weighted by atomic mass is 31.1. The number of hydrogen-bond acceptors (Lipinski definition) is 2. The summed E-state index contributed by atoms with van der Waals surface area (Å²) in [6.45, 7) is 1.96. The smallest absolute Gasteiger partial charge is 0.258 e. The van der Waals surface area contributed by atoms with Gasteiger partial charge < -0.3 is 4.52 Å². The van der Waals surface area contributed by atoms with Crippen LogP contribution in [-0.2, 0) is 9.09 Å². The highest BCUT2D eigenvalue weighted by Gasteiger charge is 2.06. The predicted octanol–water partition coefficient (Wildman–Crippen LogP) is 2.37. The van der Waals surface area contributed by atoms with Gasteiger partial charge >= 0.3 is 0 Å². The van der Waals surface area contributed by atoms with Crippen molar-refractivity contribution in [1.82, 2.24) is 5.09 Å². The van der Waals surface area contributed by atoms with E-state index >= 15 is 0 Å². The van der Waals surface area contributed by atoms with Crippen molar-refractivity contribution in [2.75, 3.05) is 7.11 Å². The molecular formula is C9H14NO2P. The minimum Gasteiger partial charge on any atom is -0.323 e. The Labute approximate surface area is 79.0 Å². The van der Waals surface area contributed by atoms with Crippen LogP contribution in [0.4, 0.5) is 0 Å². The lowest BCUT2D eigenvalue weighted by Gasteiger charge is -2.12. The summed E-state index contributed by atoms with van der Waals surface area (Å²) in [5, 5.41) is 2.87. The van der Waals surface area contributed by atoms with Gasteiger partial charge in [0, 0.05) is 13.2 Å². The van der Waals surface area contributed by atoms with Gasteiger partial charge in [0.2, 0.25) is 0 Å². The van der Waals surface area contributed by atoms with E-state index in [9.17, 15) is 4.57 Å². The van der Waals surface area contributed by atoms with E-state index in [0.29, 0.717) is 0 Å². The standard InChI is InChI=1S/C9H14NO2P/c1-8(10-13(11)12-2)9-6-4-3-5-7-9/h3-8,13H,1-2H3,(H,10,11). The number of benzene rings is 1. The van der Waals surface area contributed by atoms with Gasteiger partial charge in [0.05, 0.1) is 0 Å². The molecule has 0 amide bonds. The van der Waals surface area contributed by atoms with Crippen molar-refractivity contribution in [2.24, 2.45) is 0 Å². The summed E-state index contributed by atoms with van der Waals surface area (Å²) in [5.41, 5.74) is 1.11. The lowest BCUT2D eigenvalue weighted by molar-refractivity contribution is 0.399. The summed E-state index contributed by atoms with van der Waals surface area (Å²) in [7, 11) is -0.639. The molecule has 0 heterocycles. The maximum atomic E-state index is 11.0. The lowest BCUT2D eigenvalue weighted by Crippen LogP contribution is -2.10. The molecule has 1 N–H and O–H groups in total. The Balaban J connectivity index is 2.59. The van der Waals surface area contributed by atoms with Crippen molar-refractivity contribution >= 4 is 8.18 Å². The van der Waals surface area contributed by atoms with Crippen LogP contribution in [0.3, 0.4) is 0 Å². The maximum absolute atomic E-state index is 11.0. The molecule has 2 atom stereocenters. The van der Waals surface area contributed by atoms with Gasteiger partial charge in [-0.05, 0) is 12.5 Å². The van der Waals surface area contributed by atoms with E-state index in [1.807, 2.05) is 37.3 Å². The Morgan fingerprint density at radius 3 is 2.54 bits per heavy atom. The molecule has 4 heteroatoms. The predicted molar refractivity (Wildman–Crippen MR) is 54.0 cm³/mol. The third kappa shape index (κ3) is 3.31. The summed E-state index contributed by atoms with van der Waals surface area (Å²) in [6, 6.07) is 9.91. The van der Waals surface area contributed by atoms with Crippen LogP contribution in [0, 0.1) is 0 Å². The van der Waals surface area contributed by atoms with Gasteiger partial charge in [-0.25, -0.2) is 5.09 Å². The number of nitrogens with one attached hydrogen (secondary N) is 1.